The maximum Gasteiger partial charge on any atom is 0.237 e. The zero-order chi connectivity index (χ0) is 16.4. The number of hydrogen-bond acceptors (Lipinski definition) is 4. The number of rotatable bonds is 4. The highest BCUT2D eigenvalue weighted by atomic mass is 16.5. The average Bonchev–Trinajstić information content (AvgIpc) is 2.96. The van der Waals surface area contributed by atoms with E-state index in [1.807, 2.05) is 18.2 Å². The van der Waals surface area contributed by atoms with Gasteiger partial charge >= 0.3 is 0 Å². The van der Waals surface area contributed by atoms with Gasteiger partial charge < -0.3 is 9.84 Å². The molecule has 1 aliphatic rings. The first-order chi connectivity index (χ1) is 11.0. The smallest absolute Gasteiger partial charge is 0.237 e. The highest BCUT2D eigenvalue weighted by molar-refractivity contribution is 5.82. The molecule has 1 aromatic carbocycles. The predicted molar refractivity (Wildman–Crippen MR) is 88.7 cm³/mol. The van der Waals surface area contributed by atoms with Crippen LogP contribution >= 0.6 is 0 Å². The minimum atomic E-state index is -0.114. The van der Waals surface area contributed by atoms with Crippen molar-refractivity contribution in [1.82, 2.24) is 15.4 Å². The van der Waals surface area contributed by atoms with Gasteiger partial charge in [0.05, 0.1) is 12.6 Å². The fraction of sp³-hybridized carbons (Fsp3) is 0.444. The van der Waals surface area contributed by atoms with Gasteiger partial charge in [-0.1, -0.05) is 48.8 Å². The normalized spacial score (nSPS) is 19.1. The molecular weight excluding hydrogens is 290 g/mol. The van der Waals surface area contributed by atoms with Crippen LogP contribution in [0.25, 0.3) is 11.3 Å². The number of aromatic nitrogens is 1. The number of piperazine rings is 1. The van der Waals surface area contributed by atoms with Gasteiger partial charge in [-0.05, 0) is 12.8 Å². The Morgan fingerprint density at radius 3 is 2.78 bits per heavy atom. The first-order valence-corrected chi connectivity index (χ1v) is 8.09. The van der Waals surface area contributed by atoms with E-state index >= 15 is 0 Å². The van der Waals surface area contributed by atoms with Crippen LogP contribution in [0.4, 0.5) is 0 Å². The summed E-state index contributed by atoms with van der Waals surface area (Å²) in [6.07, 6.45) is 0. The molecule has 0 saturated carbocycles. The summed E-state index contributed by atoms with van der Waals surface area (Å²) in [5.74, 6) is 1.15. The first kappa shape index (κ1) is 15.7. The SMILES string of the molecule is Cc1ccc(-c2cc(CN3CCNC(=O)C3C(C)C)on2)cc1. The van der Waals surface area contributed by atoms with Crippen LogP contribution in [0.1, 0.15) is 25.2 Å². The molecule has 5 heteroatoms. The molecule has 1 saturated heterocycles. The van der Waals surface area contributed by atoms with Gasteiger partial charge in [0.25, 0.3) is 0 Å². The monoisotopic (exact) mass is 313 g/mol. The molecule has 2 heterocycles. The maximum absolute atomic E-state index is 12.1. The largest absolute Gasteiger partial charge is 0.359 e. The van der Waals surface area contributed by atoms with E-state index in [1.54, 1.807) is 0 Å². The Labute approximate surface area is 136 Å². The highest BCUT2D eigenvalue weighted by Crippen LogP contribution is 2.22. The van der Waals surface area contributed by atoms with Gasteiger partial charge in [0.2, 0.25) is 5.91 Å². The van der Waals surface area contributed by atoms with Crippen LogP contribution in [0.15, 0.2) is 34.9 Å². The predicted octanol–water partition coefficient (Wildman–Crippen LogP) is 2.61. The first-order valence-electron chi connectivity index (χ1n) is 8.09. The quantitative estimate of drug-likeness (QED) is 0.942. The van der Waals surface area contributed by atoms with E-state index in [1.165, 1.54) is 5.56 Å². The summed E-state index contributed by atoms with van der Waals surface area (Å²) in [7, 11) is 0. The van der Waals surface area contributed by atoms with Crippen LogP contribution in [0, 0.1) is 12.8 Å². The lowest BCUT2D eigenvalue weighted by molar-refractivity contribution is -0.131. The molecule has 1 amide bonds. The Hall–Kier alpha value is -2.14. The molecule has 1 N–H and O–H groups in total. The molecule has 122 valence electrons. The Kier molecular flexibility index (Phi) is 4.48. The highest BCUT2D eigenvalue weighted by Gasteiger charge is 2.32. The van der Waals surface area contributed by atoms with E-state index in [9.17, 15) is 4.79 Å². The van der Waals surface area contributed by atoms with Crippen molar-refractivity contribution in [2.45, 2.75) is 33.4 Å². The van der Waals surface area contributed by atoms with E-state index in [2.05, 4.69) is 48.3 Å². The third kappa shape index (κ3) is 3.45. The fourth-order valence-corrected chi connectivity index (χ4v) is 3.08. The third-order valence-corrected chi connectivity index (χ3v) is 4.26. The molecule has 0 radical (unpaired) electrons. The van der Waals surface area contributed by atoms with Crippen molar-refractivity contribution in [2.75, 3.05) is 13.1 Å². The minimum Gasteiger partial charge on any atom is -0.359 e. The average molecular weight is 313 g/mol. The molecule has 1 unspecified atom stereocenters. The van der Waals surface area contributed by atoms with Crippen molar-refractivity contribution >= 4 is 5.91 Å². The molecule has 5 nitrogen and oxygen atoms in total. The van der Waals surface area contributed by atoms with Crippen molar-refractivity contribution in [3.8, 4) is 11.3 Å². The lowest BCUT2D eigenvalue weighted by Crippen LogP contribution is -2.56. The van der Waals surface area contributed by atoms with Crippen molar-refractivity contribution < 1.29 is 9.32 Å². The molecular formula is C18H23N3O2. The van der Waals surface area contributed by atoms with Gasteiger partial charge in [-0.25, -0.2) is 0 Å². The van der Waals surface area contributed by atoms with Gasteiger partial charge in [0, 0.05) is 24.7 Å². The van der Waals surface area contributed by atoms with Gasteiger partial charge in [-0.15, -0.1) is 0 Å². The van der Waals surface area contributed by atoms with E-state index in [-0.39, 0.29) is 17.9 Å². The molecule has 2 aromatic rings. The minimum absolute atomic E-state index is 0.101. The van der Waals surface area contributed by atoms with Crippen LogP contribution in [0.3, 0.4) is 0 Å². The van der Waals surface area contributed by atoms with E-state index in [0.29, 0.717) is 13.1 Å². The summed E-state index contributed by atoms with van der Waals surface area (Å²) >= 11 is 0. The summed E-state index contributed by atoms with van der Waals surface area (Å²) in [5, 5.41) is 7.11. The number of nitrogens with zero attached hydrogens (tertiary/aromatic N) is 2. The second kappa shape index (κ2) is 6.54. The van der Waals surface area contributed by atoms with E-state index < -0.39 is 0 Å². The Bertz CT molecular complexity index is 676. The second-order valence-electron chi connectivity index (χ2n) is 6.49. The lowest BCUT2D eigenvalue weighted by atomic mass is 9.99. The number of carbonyl (C=O) groups is 1. The van der Waals surface area contributed by atoms with E-state index in [0.717, 1.165) is 23.6 Å². The van der Waals surface area contributed by atoms with Gasteiger partial charge in [-0.2, -0.15) is 0 Å². The molecule has 0 aliphatic carbocycles. The zero-order valence-corrected chi connectivity index (χ0v) is 13.9. The second-order valence-corrected chi connectivity index (χ2v) is 6.49. The molecule has 3 rings (SSSR count). The Morgan fingerprint density at radius 2 is 2.09 bits per heavy atom. The van der Waals surface area contributed by atoms with Crippen LogP contribution in [-0.2, 0) is 11.3 Å². The van der Waals surface area contributed by atoms with Crippen LogP contribution in [0.5, 0.6) is 0 Å². The van der Waals surface area contributed by atoms with Crippen LogP contribution in [0.2, 0.25) is 0 Å². The lowest BCUT2D eigenvalue weighted by Gasteiger charge is -2.36. The standard InChI is InChI=1S/C18H23N3O2/c1-12(2)17-18(22)19-8-9-21(17)11-15-10-16(20-23-15)14-6-4-13(3)5-7-14/h4-7,10,12,17H,8-9,11H2,1-3H3,(H,19,22). The van der Waals surface area contributed by atoms with Crippen molar-refractivity contribution in [3.05, 3.63) is 41.7 Å². The summed E-state index contributed by atoms with van der Waals surface area (Å²) in [6, 6.07) is 10.1. The topological polar surface area (TPSA) is 58.4 Å². The summed E-state index contributed by atoms with van der Waals surface area (Å²) in [4.78, 5) is 14.3. The van der Waals surface area contributed by atoms with E-state index in [4.69, 9.17) is 4.52 Å². The summed E-state index contributed by atoms with van der Waals surface area (Å²) < 4.78 is 5.49. The number of nitrogens with one attached hydrogen (secondary N) is 1. The molecule has 1 aromatic heterocycles. The number of amides is 1. The number of carbonyl (C=O) groups excluding carboxylic acids is 1. The summed E-state index contributed by atoms with van der Waals surface area (Å²) in [5.41, 5.74) is 3.10. The van der Waals surface area contributed by atoms with Crippen LogP contribution < -0.4 is 5.32 Å². The molecule has 1 atom stereocenters. The summed E-state index contributed by atoms with van der Waals surface area (Å²) in [6.45, 7) is 8.32. The molecule has 1 fully saturated rings. The van der Waals surface area contributed by atoms with Crippen LogP contribution in [-0.4, -0.2) is 35.1 Å². The molecule has 0 spiro atoms. The third-order valence-electron chi connectivity index (χ3n) is 4.26. The maximum atomic E-state index is 12.1. The number of aryl methyl sites for hydroxylation is 1. The number of benzene rings is 1. The van der Waals surface area contributed by atoms with Crippen molar-refractivity contribution in [1.29, 1.82) is 0 Å². The van der Waals surface area contributed by atoms with Gasteiger partial charge in [0.15, 0.2) is 5.76 Å². The molecule has 23 heavy (non-hydrogen) atoms. The van der Waals surface area contributed by atoms with Gasteiger partial charge in [-0.3, -0.25) is 9.69 Å². The molecule has 0 bridgehead atoms. The zero-order valence-electron chi connectivity index (χ0n) is 13.9. The Morgan fingerprint density at radius 1 is 1.35 bits per heavy atom. The molecule has 1 aliphatic heterocycles. The fourth-order valence-electron chi connectivity index (χ4n) is 3.08. The number of hydrogen-bond donors (Lipinski definition) is 1. The van der Waals surface area contributed by atoms with Crippen molar-refractivity contribution in [3.63, 3.8) is 0 Å². The van der Waals surface area contributed by atoms with Crippen molar-refractivity contribution in [2.24, 2.45) is 5.92 Å². The van der Waals surface area contributed by atoms with Gasteiger partial charge in [0.1, 0.15) is 5.69 Å². The Balaban J connectivity index is 1.75.